The lowest BCUT2D eigenvalue weighted by Crippen LogP contribution is -2.27. The molecule has 0 aromatic heterocycles. The number of oxime groups is 2. The smallest absolute Gasteiger partial charge is 0.399 e. The molecule has 0 heterocycles. The van der Waals surface area contributed by atoms with Crippen LogP contribution in [0.3, 0.4) is 0 Å². The van der Waals surface area contributed by atoms with Crippen LogP contribution >= 0.6 is 0 Å². The molecule has 0 N–H and O–H groups in total. The second-order valence-corrected chi connectivity index (χ2v) is 2.95. The second kappa shape index (κ2) is 6.62. The molecule has 1 aromatic rings. The first-order chi connectivity index (χ1) is 8.20. The van der Waals surface area contributed by atoms with Crippen molar-refractivity contribution in [3.8, 4) is 0 Å². The number of rotatable bonds is 5. The highest BCUT2D eigenvalue weighted by molar-refractivity contribution is 6.96. The number of benzene rings is 1. The molecule has 0 saturated carbocycles. The lowest BCUT2D eigenvalue weighted by Gasteiger charge is -2.06. The van der Waals surface area contributed by atoms with Crippen molar-refractivity contribution >= 4 is 18.6 Å². The van der Waals surface area contributed by atoms with Crippen molar-refractivity contribution in [3.05, 3.63) is 35.9 Å². The third kappa shape index (κ3) is 3.55. The summed E-state index contributed by atoms with van der Waals surface area (Å²) in [6.07, 6.45) is 0. The first-order valence-corrected chi connectivity index (χ1v) is 4.76. The molecular formula is C10H11BF2N2O2. The van der Waals surface area contributed by atoms with Crippen LogP contribution in [0.5, 0.6) is 0 Å². The molecule has 4 nitrogen and oxygen atoms in total. The van der Waals surface area contributed by atoms with Crippen molar-refractivity contribution in [2.45, 2.75) is 0 Å². The van der Waals surface area contributed by atoms with Crippen molar-refractivity contribution in [2.75, 3.05) is 14.2 Å². The van der Waals surface area contributed by atoms with Gasteiger partial charge in [-0.2, -0.15) is 0 Å². The Morgan fingerprint density at radius 1 is 1.06 bits per heavy atom. The minimum absolute atomic E-state index is 0.0510. The van der Waals surface area contributed by atoms with Crippen LogP contribution in [0.4, 0.5) is 8.63 Å². The van der Waals surface area contributed by atoms with Gasteiger partial charge in [-0.05, 0) is 0 Å². The molecule has 0 spiro atoms. The Kier molecular flexibility index (Phi) is 5.12. The van der Waals surface area contributed by atoms with Gasteiger partial charge in [-0.3, -0.25) is 8.63 Å². The Balaban J connectivity index is 3.18. The van der Waals surface area contributed by atoms with Gasteiger partial charge in [0.2, 0.25) is 0 Å². The van der Waals surface area contributed by atoms with Crippen molar-refractivity contribution in [3.63, 3.8) is 0 Å². The third-order valence-corrected chi connectivity index (χ3v) is 1.87. The molecule has 0 aliphatic rings. The molecule has 0 fully saturated rings. The van der Waals surface area contributed by atoms with Gasteiger partial charge in [0.05, 0.1) is 0 Å². The lowest BCUT2D eigenvalue weighted by atomic mass is 9.83. The number of hydrogen-bond acceptors (Lipinski definition) is 4. The summed E-state index contributed by atoms with van der Waals surface area (Å²) in [5.74, 6) is 0. The Bertz CT molecular complexity index is 410. The van der Waals surface area contributed by atoms with E-state index in [1.165, 1.54) is 14.2 Å². The standard InChI is InChI=1S/C10H11BF2N2O2/c1-16-14-9(8-6-4-3-5-7-8)10(11(12)13)15-17-2/h3-7H,1-2H3. The van der Waals surface area contributed by atoms with Crippen LogP contribution in [0, 0.1) is 0 Å². The average molecular weight is 240 g/mol. The molecule has 0 bridgehead atoms. The number of hydrogen-bond donors (Lipinski definition) is 0. The van der Waals surface area contributed by atoms with Crippen LogP contribution in [-0.2, 0) is 9.68 Å². The number of halogens is 2. The van der Waals surface area contributed by atoms with Crippen LogP contribution in [0.1, 0.15) is 5.56 Å². The van der Waals surface area contributed by atoms with Gasteiger partial charge in [0.25, 0.3) is 0 Å². The van der Waals surface area contributed by atoms with E-state index in [-0.39, 0.29) is 5.71 Å². The molecule has 0 saturated heterocycles. The van der Waals surface area contributed by atoms with E-state index in [9.17, 15) is 8.63 Å². The van der Waals surface area contributed by atoms with E-state index in [2.05, 4.69) is 20.0 Å². The van der Waals surface area contributed by atoms with Crippen LogP contribution in [0.25, 0.3) is 0 Å². The van der Waals surface area contributed by atoms with Gasteiger partial charge < -0.3 is 9.68 Å². The third-order valence-electron chi connectivity index (χ3n) is 1.87. The maximum atomic E-state index is 12.8. The summed E-state index contributed by atoms with van der Waals surface area (Å²) in [6, 6.07) is 8.44. The van der Waals surface area contributed by atoms with Gasteiger partial charge in [-0.15, -0.1) is 0 Å². The summed E-state index contributed by atoms with van der Waals surface area (Å²) < 4.78 is 25.6. The fraction of sp³-hybridized carbons (Fsp3) is 0.200. The van der Waals surface area contributed by atoms with E-state index >= 15 is 0 Å². The highest BCUT2D eigenvalue weighted by Gasteiger charge is 2.29. The molecule has 90 valence electrons. The van der Waals surface area contributed by atoms with E-state index in [1.807, 2.05) is 0 Å². The molecular weight excluding hydrogens is 229 g/mol. The van der Waals surface area contributed by atoms with E-state index in [0.29, 0.717) is 5.56 Å². The molecule has 0 aliphatic carbocycles. The first kappa shape index (κ1) is 13.2. The maximum absolute atomic E-state index is 12.8. The summed E-state index contributed by atoms with van der Waals surface area (Å²) in [4.78, 5) is 8.94. The summed E-state index contributed by atoms with van der Waals surface area (Å²) in [7, 11) is -0.333. The number of nitrogens with zero attached hydrogens (tertiary/aromatic N) is 2. The normalized spacial score (nSPS) is 12.2. The fourth-order valence-electron chi connectivity index (χ4n) is 1.22. The largest absolute Gasteiger partial charge is 0.596 e. The first-order valence-electron chi connectivity index (χ1n) is 4.76. The summed E-state index contributed by atoms with van der Waals surface area (Å²) in [5, 5.41) is 6.84. The van der Waals surface area contributed by atoms with Crippen molar-refractivity contribution in [2.24, 2.45) is 10.3 Å². The quantitative estimate of drug-likeness (QED) is 0.448. The molecule has 0 unspecified atom stereocenters. The molecule has 17 heavy (non-hydrogen) atoms. The van der Waals surface area contributed by atoms with Crippen molar-refractivity contribution in [1.29, 1.82) is 0 Å². The predicted molar refractivity (Wildman–Crippen MR) is 62.4 cm³/mol. The Morgan fingerprint density at radius 3 is 2.12 bits per heavy atom. The highest BCUT2D eigenvalue weighted by atomic mass is 19.2. The van der Waals surface area contributed by atoms with Gasteiger partial charge in [0, 0.05) is 5.56 Å². The van der Waals surface area contributed by atoms with Crippen molar-refractivity contribution in [1.82, 2.24) is 0 Å². The Hall–Kier alpha value is -1.92. The second-order valence-electron chi connectivity index (χ2n) is 2.95. The maximum Gasteiger partial charge on any atom is 0.596 e. The Morgan fingerprint density at radius 2 is 1.65 bits per heavy atom. The van der Waals surface area contributed by atoms with Crippen LogP contribution < -0.4 is 0 Å². The van der Waals surface area contributed by atoms with E-state index in [0.717, 1.165) is 0 Å². The summed E-state index contributed by atoms with van der Waals surface area (Å²) in [5.41, 5.74) is -0.143. The zero-order valence-electron chi connectivity index (χ0n) is 9.43. The van der Waals surface area contributed by atoms with E-state index in [4.69, 9.17) is 0 Å². The Labute approximate surface area is 98.1 Å². The zero-order valence-corrected chi connectivity index (χ0v) is 9.43. The predicted octanol–water partition coefficient (Wildman–Crippen LogP) is 2.01. The fourth-order valence-corrected chi connectivity index (χ4v) is 1.22. The molecule has 1 aromatic carbocycles. The molecule has 0 radical (unpaired) electrons. The molecule has 1 rings (SSSR count). The molecule has 7 heteroatoms. The molecule has 0 amide bonds. The topological polar surface area (TPSA) is 43.2 Å². The minimum Gasteiger partial charge on any atom is -0.399 e. The SMILES string of the molecule is CON=C(B(F)F)C(=NOC)c1ccccc1. The highest BCUT2D eigenvalue weighted by Crippen LogP contribution is 2.07. The van der Waals surface area contributed by atoms with Crippen LogP contribution in [0.15, 0.2) is 40.6 Å². The lowest BCUT2D eigenvalue weighted by molar-refractivity contribution is 0.210. The van der Waals surface area contributed by atoms with E-state index < -0.39 is 12.9 Å². The van der Waals surface area contributed by atoms with Crippen molar-refractivity contribution < 1.29 is 18.3 Å². The van der Waals surface area contributed by atoms with Gasteiger partial charge in [-0.25, -0.2) is 0 Å². The van der Waals surface area contributed by atoms with Gasteiger partial charge >= 0.3 is 7.27 Å². The molecule has 0 aliphatic heterocycles. The van der Waals surface area contributed by atoms with Crippen LogP contribution in [-0.4, -0.2) is 32.8 Å². The molecule has 0 atom stereocenters. The average Bonchev–Trinajstić information content (AvgIpc) is 2.34. The minimum atomic E-state index is -2.80. The van der Waals surface area contributed by atoms with E-state index in [1.54, 1.807) is 30.3 Å². The van der Waals surface area contributed by atoms with Gasteiger partial charge in [-0.1, -0.05) is 40.6 Å². The zero-order chi connectivity index (χ0) is 12.7. The van der Waals surface area contributed by atoms with Crippen LogP contribution in [0.2, 0.25) is 0 Å². The summed E-state index contributed by atoms with van der Waals surface area (Å²) in [6.45, 7) is 0. The monoisotopic (exact) mass is 240 g/mol. The van der Waals surface area contributed by atoms with Gasteiger partial charge in [0.1, 0.15) is 25.5 Å². The summed E-state index contributed by atoms with van der Waals surface area (Å²) >= 11 is 0. The van der Waals surface area contributed by atoms with Gasteiger partial charge in [0.15, 0.2) is 0 Å².